The molecule has 1 saturated carbocycles. The molecule has 2 aliphatic rings. The van der Waals surface area contributed by atoms with Crippen LogP contribution >= 0.6 is 0 Å². The number of halogens is 1. The minimum atomic E-state index is -4.19. The first-order valence-corrected chi connectivity index (χ1v) is 7.98. The van der Waals surface area contributed by atoms with Crippen LogP contribution in [0.5, 0.6) is 0 Å². The van der Waals surface area contributed by atoms with Gasteiger partial charge in [-0.3, -0.25) is 4.90 Å². The van der Waals surface area contributed by atoms with E-state index < -0.39 is 10.2 Å². The first kappa shape index (κ1) is 16.6. The number of likely N-dealkylation sites (tertiary alicyclic amines) is 1. The van der Waals surface area contributed by atoms with E-state index in [1.807, 2.05) is 0 Å². The van der Waals surface area contributed by atoms with Crippen molar-refractivity contribution in [3.63, 3.8) is 0 Å². The molecule has 0 aromatic rings. The van der Waals surface area contributed by atoms with Crippen molar-refractivity contribution in [3.8, 4) is 6.07 Å². The van der Waals surface area contributed by atoms with Gasteiger partial charge in [-0.05, 0) is 38.8 Å². The SMILES string of the molecule is N#CCC1(N2CCCC2)CCCCC1.[O-][Cl+](O)(O)O. The number of nitrogens with zero attached hydrogens (tertiary/aromatic N) is 2. The van der Waals surface area contributed by atoms with Gasteiger partial charge in [0.05, 0.1) is 12.5 Å². The van der Waals surface area contributed by atoms with E-state index in [1.54, 1.807) is 0 Å². The molecule has 3 N–H and O–H groups in total. The van der Waals surface area contributed by atoms with E-state index in [0.717, 1.165) is 6.42 Å². The van der Waals surface area contributed by atoms with Gasteiger partial charge in [-0.15, -0.1) is 0 Å². The molecule has 7 heteroatoms. The third-order valence-electron chi connectivity index (χ3n) is 3.97. The Morgan fingerprint density at radius 3 is 1.95 bits per heavy atom. The first-order chi connectivity index (χ1) is 8.87. The van der Waals surface area contributed by atoms with Gasteiger partial charge in [-0.2, -0.15) is 5.26 Å². The van der Waals surface area contributed by atoms with Gasteiger partial charge in [0.1, 0.15) is 0 Å². The normalized spacial score (nSPS) is 24.2. The fraction of sp³-hybridized carbons (Fsp3) is 0.917. The van der Waals surface area contributed by atoms with Crippen molar-refractivity contribution in [2.24, 2.45) is 0 Å². The van der Waals surface area contributed by atoms with Gasteiger partial charge in [-0.1, -0.05) is 19.3 Å². The first-order valence-electron chi connectivity index (χ1n) is 6.66. The van der Waals surface area contributed by atoms with E-state index in [0.29, 0.717) is 0 Å². The van der Waals surface area contributed by atoms with Crippen molar-refractivity contribution in [2.75, 3.05) is 13.1 Å². The van der Waals surface area contributed by atoms with Gasteiger partial charge in [0, 0.05) is 5.54 Å². The van der Waals surface area contributed by atoms with Crippen LogP contribution in [0.4, 0.5) is 0 Å². The summed E-state index contributed by atoms with van der Waals surface area (Å²) in [5.41, 5.74) is 0.281. The van der Waals surface area contributed by atoms with Gasteiger partial charge in [-0.25, -0.2) is 0 Å². The molecule has 1 aliphatic heterocycles. The summed E-state index contributed by atoms with van der Waals surface area (Å²) < 4.78 is 30.2. The van der Waals surface area contributed by atoms with Crippen LogP contribution in [0.25, 0.3) is 0 Å². The van der Waals surface area contributed by atoms with Crippen molar-refractivity contribution in [1.29, 1.82) is 5.26 Å². The van der Waals surface area contributed by atoms with Crippen molar-refractivity contribution >= 4 is 0 Å². The molecule has 112 valence electrons. The van der Waals surface area contributed by atoms with Gasteiger partial charge >= 0.3 is 28.9 Å². The molecule has 0 amide bonds. The average Bonchev–Trinajstić information content (AvgIpc) is 2.82. The Morgan fingerprint density at radius 1 is 1.05 bits per heavy atom. The van der Waals surface area contributed by atoms with Crippen molar-refractivity contribution < 1.29 is 28.9 Å². The van der Waals surface area contributed by atoms with E-state index in [4.69, 9.17) is 23.9 Å². The van der Waals surface area contributed by atoms with Crippen LogP contribution in [0, 0.1) is 21.6 Å². The van der Waals surface area contributed by atoms with E-state index in [9.17, 15) is 0 Å². The molecular formula is C12H23ClN2O4. The Labute approximate surface area is 116 Å². The Morgan fingerprint density at radius 2 is 1.53 bits per heavy atom. The second-order valence-electron chi connectivity index (χ2n) is 5.25. The zero-order chi connectivity index (χ0) is 14.4. The van der Waals surface area contributed by atoms with Gasteiger partial charge < -0.3 is 0 Å². The van der Waals surface area contributed by atoms with E-state index >= 15 is 0 Å². The third-order valence-corrected chi connectivity index (χ3v) is 3.97. The molecule has 2 rings (SSSR count). The molecule has 1 heterocycles. The van der Waals surface area contributed by atoms with Crippen molar-refractivity contribution in [2.45, 2.75) is 56.9 Å². The molecule has 1 aliphatic carbocycles. The van der Waals surface area contributed by atoms with E-state index in [1.165, 1.54) is 58.0 Å². The predicted molar refractivity (Wildman–Crippen MR) is 63.5 cm³/mol. The van der Waals surface area contributed by atoms with Crippen LogP contribution in [0.1, 0.15) is 51.4 Å². The maximum atomic E-state index is 8.97. The van der Waals surface area contributed by atoms with Gasteiger partial charge in [0.25, 0.3) is 0 Å². The monoisotopic (exact) mass is 294 g/mol. The number of hydrogen-bond donors (Lipinski definition) is 3. The van der Waals surface area contributed by atoms with Crippen LogP contribution in [-0.4, -0.2) is 37.5 Å². The number of hydrogen-bond acceptors (Lipinski definition) is 6. The minimum absolute atomic E-state index is 0.281. The molecule has 0 aromatic heterocycles. The van der Waals surface area contributed by atoms with E-state index in [2.05, 4.69) is 11.0 Å². The molecule has 19 heavy (non-hydrogen) atoms. The summed E-state index contributed by atoms with van der Waals surface area (Å²) >= 11 is 0. The van der Waals surface area contributed by atoms with Gasteiger partial charge in [0.15, 0.2) is 0 Å². The molecule has 0 aromatic carbocycles. The summed E-state index contributed by atoms with van der Waals surface area (Å²) in [6, 6.07) is 2.41. The van der Waals surface area contributed by atoms with Crippen LogP contribution in [0.2, 0.25) is 0 Å². The summed E-state index contributed by atoms with van der Waals surface area (Å²) in [5.74, 6) is 0. The Hall–Kier alpha value is -0.420. The number of nitriles is 1. The summed E-state index contributed by atoms with van der Waals surface area (Å²) in [4.78, 5) is 2.61. The molecule has 0 spiro atoms. The maximum absolute atomic E-state index is 8.97. The summed E-state index contributed by atoms with van der Waals surface area (Å²) in [6.45, 7) is 2.48. The quantitative estimate of drug-likeness (QED) is 0.652. The predicted octanol–water partition coefficient (Wildman–Crippen LogP) is -0.161. The summed E-state index contributed by atoms with van der Waals surface area (Å²) in [5, 5.41) is 8.97. The molecule has 0 bridgehead atoms. The summed E-state index contributed by atoms with van der Waals surface area (Å²) in [6.07, 6.45) is 10.0. The van der Waals surface area contributed by atoms with Crippen molar-refractivity contribution in [3.05, 3.63) is 0 Å². The second-order valence-corrected chi connectivity index (χ2v) is 6.12. The standard InChI is InChI=1S/C12H20N2.ClH3O4/c13-9-8-12(6-2-1-3-7-12)14-10-4-5-11-14;2-1(3,4)5/h1-8,10-11H2;2-4H. The molecule has 0 radical (unpaired) electrons. The fourth-order valence-corrected chi connectivity index (χ4v) is 3.15. The molecule has 0 atom stereocenters. The van der Waals surface area contributed by atoms with Crippen LogP contribution < -0.4 is 4.66 Å². The molecule has 2 fully saturated rings. The van der Waals surface area contributed by atoms with Gasteiger partial charge in [0.2, 0.25) is 0 Å². The van der Waals surface area contributed by atoms with E-state index in [-0.39, 0.29) is 5.54 Å². The number of rotatable bonds is 2. The molecule has 1 saturated heterocycles. The molecule has 6 nitrogen and oxygen atoms in total. The zero-order valence-electron chi connectivity index (χ0n) is 11.1. The average molecular weight is 295 g/mol. The molecule has 0 unspecified atom stereocenters. The van der Waals surface area contributed by atoms with Crippen LogP contribution in [0.15, 0.2) is 0 Å². The van der Waals surface area contributed by atoms with Crippen LogP contribution in [-0.2, 0) is 0 Å². The van der Waals surface area contributed by atoms with Crippen LogP contribution in [0.3, 0.4) is 0 Å². The Kier molecular flexibility index (Phi) is 6.47. The fourth-order valence-electron chi connectivity index (χ4n) is 3.15. The second kappa shape index (κ2) is 7.39. The molecular weight excluding hydrogens is 272 g/mol. The summed E-state index contributed by atoms with van der Waals surface area (Å²) in [7, 11) is -4.19. The zero-order valence-corrected chi connectivity index (χ0v) is 11.8. The topological polar surface area (TPSA) is 111 Å². The Bertz CT molecular complexity index is 296. The third kappa shape index (κ3) is 6.04. The Balaban J connectivity index is 0.000000312. The van der Waals surface area contributed by atoms with Crippen molar-refractivity contribution in [1.82, 2.24) is 4.90 Å².